The van der Waals surface area contributed by atoms with Gasteiger partial charge in [0.15, 0.2) is 0 Å². The molecule has 2 atom stereocenters. The monoisotopic (exact) mass is 444 g/mol. The van der Waals surface area contributed by atoms with Crippen LogP contribution in [-0.4, -0.2) is 30.3 Å². The van der Waals surface area contributed by atoms with Crippen LogP contribution in [0.4, 0.5) is 0 Å². The fraction of sp³-hybridized carbons (Fsp3) is 0.680. The predicted molar refractivity (Wildman–Crippen MR) is 129 cm³/mol. The van der Waals surface area contributed by atoms with Crippen LogP contribution in [0.1, 0.15) is 69.9 Å². The maximum Gasteiger partial charge on any atom is 0.274 e. The number of benzene rings is 1. The van der Waals surface area contributed by atoms with Gasteiger partial charge in [0.25, 0.3) is 9.04 Å². The molecule has 0 aromatic heterocycles. The Morgan fingerprint density at radius 3 is 2.53 bits per heavy atom. The summed E-state index contributed by atoms with van der Waals surface area (Å²) in [6.45, 7) is 16.4. The minimum Gasteiger partial charge on any atom is -0.542 e. The van der Waals surface area contributed by atoms with E-state index in [4.69, 9.17) is 13.6 Å². The second-order valence-corrected chi connectivity index (χ2v) is 14.0. The number of unbranched alkanes of at least 4 members (excludes halogenated alkanes) is 2. The highest BCUT2D eigenvalue weighted by Crippen LogP contribution is 2.53. The van der Waals surface area contributed by atoms with Gasteiger partial charge in [-0.1, -0.05) is 25.8 Å². The normalized spacial score (nSPS) is 22.4. The predicted octanol–water partition coefficient (Wildman–Crippen LogP) is 6.91. The lowest BCUT2D eigenvalue weighted by Gasteiger charge is -2.47. The van der Waals surface area contributed by atoms with Gasteiger partial charge in [0.2, 0.25) is 9.04 Å². The quantitative estimate of drug-likeness (QED) is 0.235. The smallest absolute Gasteiger partial charge is 0.274 e. The maximum atomic E-state index is 6.67. The third-order valence-corrected chi connectivity index (χ3v) is 7.67. The molecule has 0 saturated heterocycles. The average Bonchev–Trinajstić information content (AvgIpc) is 2.65. The van der Waals surface area contributed by atoms with Crippen LogP contribution in [0.3, 0.4) is 0 Å². The van der Waals surface area contributed by atoms with E-state index < -0.39 is 18.1 Å². The van der Waals surface area contributed by atoms with Crippen molar-refractivity contribution in [2.45, 2.75) is 97.0 Å². The Labute approximate surface area is 187 Å². The van der Waals surface area contributed by atoms with Gasteiger partial charge in [-0.25, -0.2) is 0 Å². The molecule has 0 fully saturated rings. The molecule has 0 spiro atoms. The molecule has 1 aromatic carbocycles. The van der Waals surface area contributed by atoms with Crippen LogP contribution in [0.25, 0.3) is 0 Å². The average molecular weight is 445 g/mol. The van der Waals surface area contributed by atoms with Crippen molar-refractivity contribution in [3.63, 3.8) is 0 Å². The van der Waals surface area contributed by atoms with E-state index >= 15 is 0 Å². The van der Waals surface area contributed by atoms with E-state index in [-0.39, 0.29) is 5.60 Å². The number of ether oxygens (including phenoxy) is 1. The molecule has 30 heavy (non-hydrogen) atoms. The van der Waals surface area contributed by atoms with E-state index in [1.165, 1.54) is 36.0 Å². The Hall–Kier alpha value is -1.05. The molecular formula is C25H40O3Si2. The molecule has 1 aromatic rings. The van der Waals surface area contributed by atoms with Crippen molar-refractivity contribution in [1.82, 2.24) is 0 Å². The molecule has 0 amide bonds. The SMILES string of the molecule is CCCCCc1cc(O[Si](C)C)c2c(c1)OC(C)(C)[C@@H]1CCC(CO[Si](C)C)=C[C@@H]21. The van der Waals surface area contributed by atoms with E-state index in [9.17, 15) is 0 Å². The molecule has 0 saturated carbocycles. The number of fused-ring (bicyclic) bond motifs is 3. The summed E-state index contributed by atoms with van der Waals surface area (Å²) in [6, 6.07) is 4.61. The fourth-order valence-corrected chi connectivity index (χ4v) is 5.93. The van der Waals surface area contributed by atoms with Crippen LogP contribution >= 0.6 is 0 Å². The molecule has 0 N–H and O–H groups in total. The molecule has 1 aliphatic carbocycles. The maximum absolute atomic E-state index is 6.67. The van der Waals surface area contributed by atoms with Gasteiger partial charge in [0, 0.05) is 17.4 Å². The van der Waals surface area contributed by atoms with Gasteiger partial charge < -0.3 is 13.6 Å². The standard InChI is InChI=1S/C25H40O3Si2/c1-8-9-10-11-18-15-22-24(23(16-18)28-30(6)7)20-14-19(17-26-29(4)5)12-13-21(20)25(2,3)27-22/h14-16,20-21H,8-13,17H2,1-7H3/t20-,21-/m1/s1. The Balaban J connectivity index is 2.01. The first-order chi connectivity index (χ1) is 14.2. The lowest BCUT2D eigenvalue weighted by molar-refractivity contribution is 0.0104. The van der Waals surface area contributed by atoms with Crippen LogP contribution in [0.5, 0.6) is 11.5 Å². The van der Waals surface area contributed by atoms with E-state index in [1.54, 1.807) is 0 Å². The molecule has 0 unspecified atom stereocenters. The highest BCUT2D eigenvalue weighted by molar-refractivity contribution is 6.49. The highest BCUT2D eigenvalue weighted by Gasteiger charge is 2.45. The number of aryl methyl sites for hydroxylation is 1. The first kappa shape index (κ1) is 23.6. The van der Waals surface area contributed by atoms with Crippen molar-refractivity contribution in [2.75, 3.05) is 6.61 Å². The third kappa shape index (κ3) is 5.60. The Bertz CT molecular complexity index is 738. The zero-order valence-electron chi connectivity index (χ0n) is 20.1. The summed E-state index contributed by atoms with van der Waals surface area (Å²) in [5.74, 6) is 2.93. The van der Waals surface area contributed by atoms with Crippen LogP contribution in [-0.2, 0) is 10.8 Å². The topological polar surface area (TPSA) is 27.7 Å². The molecule has 3 rings (SSSR count). The van der Waals surface area contributed by atoms with Crippen molar-refractivity contribution in [2.24, 2.45) is 5.92 Å². The number of hydrogen-bond acceptors (Lipinski definition) is 3. The molecular weight excluding hydrogens is 404 g/mol. The number of rotatable bonds is 9. The molecule has 2 radical (unpaired) electrons. The van der Waals surface area contributed by atoms with E-state index in [0.29, 0.717) is 11.8 Å². The number of hydrogen-bond donors (Lipinski definition) is 0. The van der Waals surface area contributed by atoms with Gasteiger partial charge in [-0.15, -0.1) is 0 Å². The van der Waals surface area contributed by atoms with E-state index in [2.05, 4.69) is 65.2 Å². The van der Waals surface area contributed by atoms with Gasteiger partial charge in [-0.2, -0.15) is 0 Å². The second kappa shape index (κ2) is 10.0. The first-order valence-corrected chi connectivity index (χ1v) is 16.5. The highest BCUT2D eigenvalue weighted by atomic mass is 28.3. The number of allylic oxidation sites excluding steroid dienone is 1. The minimum absolute atomic E-state index is 0.170. The summed E-state index contributed by atoms with van der Waals surface area (Å²) < 4.78 is 19.2. The van der Waals surface area contributed by atoms with Gasteiger partial charge >= 0.3 is 0 Å². The lowest BCUT2D eigenvalue weighted by Crippen LogP contribution is -2.45. The largest absolute Gasteiger partial charge is 0.542 e. The Morgan fingerprint density at radius 1 is 1.10 bits per heavy atom. The van der Waals surface area contributed by atoms with Crippen molar-refractivity contribution >= 4 is 18.1 Å². The van der Waals surface area contributed by atoms with Crippen LogP contribution < -0.4 is 9.16 Å². The minimum atomic E-state index is -0.857. The van der Waals surface area contributed by atoms with Crippen molar-refractivity contribution in [3.8, 4) is 11.5 Å². The van der Waals surface area contributed by atoms with Crippen LogP contribution in [0.2, 0.25) is 26.2 Å². The van der Waals surface area contributed by atoms with Crippen LogP contribution in [0, 0.1) is 5.92 Å². The Kier molecular flexibility index (Phi) is 7.91. The fourth-order valence-electron chi connectivity index (χ4n) is 4.85. The molecule has 166 valence electrons. The zero-order chi connectivity index (χ0) is 21.9. The summed E-state index contributed by atoms with van der Waals surface area (Å²) in [7, 11) is -1.53. The van der Waals surface area contributed by atoms with Crippen LogP contribution in [0.15, 0.2) is 23.8 Å². The van der Waals surface area contributed by atoms with Crippen molar-refractivity contribution in [3.05, 3.63) is 34.9 Å². The summed E-state index contributed by atoms with van der Waals surface area (Å²) in [4.78, 5) is 0. The summed E-state index contributed by atoms with van der Waals surface area (Å²) >= 11 is 0. The first-order valence-electron chi connectivity index (χ1n) is 11.7. The summed E-state index contributed by atoms with van der Waals surface area (Å²) in [5.41, 5.74) is 3.90. The Morgan fingerprint density at radius 2 is 1.87 bits per heavy atom. The van der Waals surface area contributed by atoms with Gasteiger partial charge in [-0.3, -0.25) is 0 Å². The molecule has 0 bridgehead atoms. The summed E-state index contributed by atoms with van der Waals surface area (Å²) in [5, 5.41) is 0. The molecule has 3 nitrogen and oxygen atoms in total. The molecule has 1 heterocycles. The van der Waals surface area contributed by atoms with Gasteiger partial charge in [-0.05, 0) is 89.0 Å². The van der Waals surface area contributed by atoms with E-state index in [0.717, 1.165) is 37.4 Å². The van der Waals surface area contributed by atoms with Gasteiger partial charge in [0.05, 0.1) is 6.61 Å². The summed E-state index contributed by atoms with van der Waals surface area (Å²) in [6.07, 6.45) is 9.58. The molecule has 5 heteroatoms. The van der Waals surface area contributed by atoms with E-state index in [1.807, 2.05) is 0 Å². The van der Waals surface area contributed by atoms with Crippen molar-refractivity contribution in [1.29, 1.82) is 0 Å². The van der Waals surface area contributed by atoms with Crippen molar-refractivity contribution < 1.29 is 13.6 Å². The molecule has 1 aliphatic heterocycles. The second-order valence-electron chi connectivity index (χ2n) is 9.87. The zero-order valence-corrected chi connectivity index (χ0v) is 22.1. The van der Waals surface area contributed by atoms with Gasteiger partial charge in [0.1, 0.15) is 17.1 Å². The lowest BCUT2D eigenvalue weighted by atomic mass is 9.68. The molecule has 2 aliphatic rings. The third-order valence-electron chi connectivity index (χ3n) is 6.32.